The van der Waals surface area contributed by atoms with Gasteiger partial charge in [-0.15, -0.1) is 0 Å². The molecule has 0 amide bonds. The molecule has 2 aromatic heterocycles. The summed E-state index contributed by atoms with van der Waals surface area (Å²) in [6.45, 7) is 7.28. The first kappa shape index (κ1) is 23.8. The van der Waals surface area contributed by atoms with E-state index >= 15 is 0 Å². The van der Waals surface area contributed by atoms with Crippen molar-refractivity contribution in [3.63, 3.8) is 0 Å². The highest BCUT2D eigenvalue weighted by Crippen LogP contribution is 2.37. The third-order valence-electron chi connectivity index (χ3n) is 5.88. The van der Waals surface area contributed by atoms with Crippen LogP contribution in [0.15, 0.2) is 36.8 Å². The smallest absolute Gasteiger partial charge is 0.166 e. The van der Waals surface area contributed by atoms with Crippen LogP contribution in [0.1, 0.15) is 32.4 Å². The van der Waals surface area contributed by atoms with Gasteiger partial charge >= 0.3 is 0 Å². The summed E-state index contributed by atoms with van der Waals surface area (Å²) in [6.07, 6.45) is 4.73. The van der Waals surface area contributed by atoms with E-state index in [2.05, 4.69) is 15.0 Å². The first-order valence-electron chi connectivity index (χ1n) is 10.5. The summed E-state index contributed by atoms with van der Waals surface area (Å²) in [7, 11) is 2.04. The minimum Gasteiger partial charge on any atom is -0.482 e. The molecule has 0 radical (unpaired) electrons. The van der Waals surface area contributed by atoms with Crippen molar-refractivity contribution in [2.24, 2.45) is 0 Å². The van der Waals surface area contributed by atoms with Gasteiger partial charge in [0.15, 0.2) is 11.6 Å². The van der Waals surface area contributed by atoms with Crippen molar-refractivity contribution in [1.29, 1.82) is 0 Å². The third kappa shape index (κ3) is 4.94. The van der Waals surface area contributed by atoms with Gasteiger partial charge in [0, 0.05) is 40.7 Å². The first-order chi connectivity index (χ1) is 15.5. The molecule has 0 saturated carbocycles. The second-order valence-electron chi connectivity index (χ2n) is 8.64. The van der Waals surface area contributed by atoms with Crippen molar-refractivity contribution in [1.82, 2.24) is 19.7 Å². The molecule has 1 fully saturated rings. The number of benzene rings is 1. The first-order valence-corrected chi connectivity index (χ1v) is 11.3. The fraction of sp³-hybridized carbons (Fsp3) is 0.391. The maximum atomic E-state index is 13.9. The van der Waals surface area contributed by atoms with E-state index in [1.54, 1.807) is 25.4 Å². The highest BCUT2D eigenvalue weighted by Gasteiger charge is 2.36. The predicted molar refractivity (Wildman–Crippen MR) is 127 cm³/mol. The number of halogens is 3. The zero-order chi connectivity index (χ0) is 23.9. The molecule has 0 bridgehead atoms. The lowest BCUT2D eigenvalue weighted by Crippen LogP contribution is -2.35. The fourth-order valence-electron chi connectivity index (χ4n) is 3.85. The summed E-state index contributed by atoms with van der Waals surface area (Å²) in [5.74, 6) is -0.0301. The lowest BCUT2D eigenvalue weighted by atomic mass is 10.1. The van der Waals surface area contributed by atoms with Crippen LogP contribution in [-0.4, -0.2) is 45.1 Å². The predicted octanol–water partition coefficient (Wildman–Crippen LogP) is 5.18. The summed E-state index contributed by atoms with van der Waals surface area (Å²) in [4.78, 5) is 6.42. The second kappa shape index (κ2) is 9.10. The van der Waals surface area contributed by atoms with Crippen LogP contribution < -0.4 is 10.5 Å². The van der Waals surface area contributed by atoms with Crippen LogP contribution in [0.2, 0.25) is 10.0 Å². The van der Waals surface area contributed by atoms with Gasteiger partial charge < -0.3 is 15.2 Å². The number of nitrogen functional groups attached to an aromatic ring is 1. The Balaban J connectivity index is 1.52. The highest BCUT2D eigenvalue weighted by atomic mass is 35.5. The third-order valence-corrected chi connectivity index (χ3v) is 6.59. The zero-order valence-electron chi connectivity index (χ0n) is 18.8. The zero-order valence-corrected chi connectivity index (χ0v) is 20.4. The number of pyridine rings is 1. The van der Waals surface area contributed by atoms with Gasteiger partial charge in [0.1, 0.15) is 17.6 Å². The summed E-state index contributed by atoms with van der Waals surface area (Å²) in [6, 6.07) is 4.42. The van der Waals surface area contributed by atoms with Gasteiger partial charge in [0.05, 0.1) is 23.9 Å². The molecule has 10 heteroatoms. The molecular weight excluding hydrogens is 468 g/mol. The van der Waals surface area contributed by atoms with Crippen LogP contribution in [0.3, 0.4) is 0 Å². The molecule has 3 aromatic rings. The minimum atomic E-state index is -0.650. The number of rotatable bonds is 6. The average Bonchev–Trinajstić information content (AvgIpc) is 3.30. The van der Waals surface area contributed by atoms with Crippen molar-refractivity contribution >= 4 is 29.0 Å². The number of likely N-dealkylation sites (N-methyl/N-ethyl adjacent to an activating group) is 1. The van der Waals surface area contributed by atoms with Gasteiger partial charge in [-0.3, -0.25) is 9.58 Å². The Morgan fingerprint density at radius 2 is 2.06 bits per heavy atom. The maximum Gasteiger partial charge on any atom is 0.166 e. The molecule has 3 heterocycles. The standard InChI is InChI=1S/C23H26Cl2FN5O2/c1-13(20-17(24)5-6-18(26)21(20)25)32-19-7-14(8-28-22(19)27)15-9-29-31(10-15)12-16-11-30(4)23(2,3)33-16/h5-10,13,16H,11-12H2,1-4H3,(H2,27,28)/t13?,16-/m1/s1. The molecule has 1 unspecified atom stereocenters. The van der Waals surface area contributed by atoms with Crippen LogP contribution in [0.25, 0.3) is 11.1 Å². The molecule has 0 aliphatic carbocycles. The van der Waals surface area contributed by atoms with Crippen molar-refractivity contribution in [2.45, 2.75) is 45.2 Å². The van der Waals surface area contributed by atoms with Gasteiger partial charge in [-0.2, -0.15) is 5.10 Å². The Labute approximate surface area is 202 Å². The Morgan fingerprint density at radius 3 is 2.76 bits per heavy atom. The molecule has 7 nitrogen and oxygen atoms in total. The van der Waals surface area contributed by atoms with E-state index in [-0.39, 0.29) is 22.7 Å². The van der Waals surface area contributed by atoms with Gasteiger partial charge in [-0.25, -0.2) is 9.37 Å². The molecule has 2 atom stereocenters. The summed E-state index contributed by atoms with van der Waals surface area (Å²) in [5.41, 5.74) is 7.72. The lowest BCUT2D eigenvalue weighted by molar-refractivity contribution is -0.0711. The number of aromatic nitrogens is 3. The summed E-state index contributed by atoms with van der Waals surface area (Å²) < 4.78 is 27.9. The average molecular weight is 494 g/mol. The van der Waals surface area contributed by atoms with Crippen molar-refractivity contribution < 1.29 is 13.9 Å². The van der Waals surface area contributed by atoms with Crippen molar-refractivity contribution in [3.8, 4) is 16.9 Å². The largest absolute Gasteiger partial charge is 0.482 e. The maximum absolute atomic E-state index is 13.9. The topological polar surface area (TPSA) is 78.4 Å². The molecular formula is C23H26Cl2FN5O2. The molecule has 1 aromatic carbocycles. The molecule has 1 aliphatic heterocycles. The van der Waals surface area contributed by atoms with Crippen molar-refractivity contribution in [3.05, 3.63) is 58.2 Å². The Kier molecular flexibility index (Phi) is 6.55. The lowest BCUT2D eigenvalue weighted by Gasteiger charge is -2.25. The molecule has 33 heavy (non-hydrogen) atoms. The van der Waals surface area contributed by atoms with Crippen LogP contribution in [-0.2, 0) is 11.3 Å². The van der Waals surface area contributed by atoms with E-state index in [1.165, 1.54) is 12.1 Å². The van der Waals surface area contributed by atoms with E-state index < -0.39 is 11.9 Å². The molecule has 1 saturated heterocycles. The van der Waals surface area contributed by atoms with Gasteiger partial charge in [-0.05, 0) is 46.0 Å². The Hall–Kier alpha value is -2.39. The molecule has 4 rings (SSSR count). The van der Waals surface area contributed by atoms with Crippen LogP contribution in [0.4, 0.5) is 10.2 Å². The highest BCUT2D eigenvalue weighted by molar-refractivity contribution is 6.36. The van der Waals surface area contributed by atoms with E-state index in [0.29, 0.717) is 22.9 Å². The van der Waals surface area contributed by atoms with E-state index in [4.69, 9.17) is 38.4 Å². The minimum absolute atomic E-state index is 0.0443. The molecule has 0 spiro atoms. The number of anilines is 1. The van der Waals surface area contributed by atoms with Crippen LogP contribution in [0.5, 0.6) is 5.75 Å². The monoisotopic (exact) mass is 493 g/mol. The van der Waals surface area contributed by atoms with Gasteiger partial charge in [0.2, 0.25) is 0 Å². The number of ether oxygens (including phenoxy) is 2. The molecule has 2 N–H and O–H groups in total. The Bertz CT molecular complexity index is 1170. The van der Waals surface area contributed by atoms with E-state index in [1.807, 2.05) is 31.8 Å². The Morgan fingerprint density at radius 1 is 1.30 bits per heavy atom. The van der Waals surface area contributed by atoms with Crippen LogP contribution >= 0.6 is 23.2 Å². The number of nitrogens with zero attached hydrogens (tertiary/aromatic N) is 4. The van der Waals surface area contributed by atoms with Gasteiger partial charge in [-0.1, -0.05) is 23.2 Å². The SMILES string of the molecule is CC(Oc1cc(-c2cnn(C[C@H]3CN(C)C(C)(C)O3)c2)cnc1N)c1c(Cl)ccc(F)c1Cl. The number of hydrogen-bond donors (Lipinski definition) is 1. The fourth-order valence-corrected chi connectivity index (χ4v) is 4.53. The number of nitrogens with two attached hydrogens (primary N) is 1. The van der Waals surface area contributed by atoms with Crippen LogP contribution in [0, 0.1) is 5.82 Å². The normalized spacial score (nSPS) is 19.1. The van der Waals surface area contributed by atoms with E-state index in [9.17, 15) is 4.39 Å². The second-order valence-corrected chi connectivity index (χ2v) is 9.43. The summed E-state index contributed by atoms with van der Waals surface area (Å²) in [5, 5.41) is 4.69. The molecule has 1 aliphatic rings. The molecule has 176 valence electrons. The number of hydrogen-bond acceptors (Lipinski definition) is 6. The van der Waals surface area contributed by atoms with Gasteiger partial charge in [0.25, 0.3) is 0 Å². The van der Waals surface area contributed by atoms with E-state index in [0.717, 1.165) is 17.7 Å². The van der Waals surface area contributed by atoms with Crippen molar-refractivity contribution in [2.75, 3.05) is 19.3 Å². The quantitative estimate of drug-likeness (QED) is 0.476. The summed E-state index contributed by atoms with van der Waals surface area (Å²) >= 11 is 12.3.